The Bertz CT molecular complexity index is 287. The Morgan fingerprint density at radius 2 is 1.87 bits per heavy atom. The molecule has 1 nitrogen and oxygen atoms in total. The minimum absolute atomic E-state index is 0.355. The largest absolute Gasteiger partial charge is 0.389 e. The molecule has 0 saturated heterocycles. The van der Waals surface area contributed by atoms with Crippen molar-refractivity contribution in [2.75, 3.05) is 0 Å². The molecule has 0 amide bonds. The topological polar surface area (TPSA) is 20.2 Å². The number of benzene rings is 1. The Kier molecular flexibility index (Phi) is 5.13. The third kappa shape index (κ3) is 5.38. The Morgan fingerprint density at radius 1 is 1.20 bits per heavy atom. The molecule has 0 fully saturated rings. The smallest absolute Gasteiger partial charge is 0.0761 e. The molecule has 0 aliphatic carbocycles. The second kappa shape index (κ2) is 6.41. The molecule has 82 valence electrons. The third-order valence-corrected chi connectivity index (χ3v) is 2.25. The Labute approximate surface area is 92.5 Å². The molecule has 1 aromatic rings. The molecule has 0 bridgehead atoms. The summed E-state index contributed by atoms with van der Waals surface area (Å²) >= 11 is 0. The van der Waals surface area contributed by atoms with E-state index in [4.69, 9.17) is 0 Å². The fourth-order valence-electron chi connectivity index (χ4n) is 1.43. The Balaban J connectivity index is 2.36. The zero-order chi connectivity index (χ0) is 11.1. The number of hydrogen-bond acceptors (Lipinski definition) is 1. The predicted octanol–water partition coefficient (Wildman–Crippen LogP) is 3.19. The van der Waals surface area contributed by atoms with Crippen LogP contribution in [0.25, 0.3) is 0 Å². The molecular weight excluding hydrogens is 184 g/mol. The van der Waals surface area contributed by atoms with Crippen molar-refractivity contribution >= 4 is 0 Å². The SMILES string of the molecule is CC(C)C/C=C\[C@@H](O)Cc1ccccc1. The highest BCUT2D eigenvalue weighted by Gasteiger charge is 2.00. The van der Waals surface area contributed by atoms with Crippen molar-refractivity contribution in [1.29, 1.82) is 0 Å². The first-order valence-corrected chi connectivity index (χ1v) is 5.57. The second-order valence-corrected chi connectivity index (χ2v) is 4.31. The molecule has 1 aromatic carbocycles. The molecule has 0 radical (unpaired) electrons. The van der Waals surface area contributed by atoms with Crippen LogP contribution in [0.15, 0.2) is 42.5 Å². The third-order valence-electron chi connectivity index (χ3n) is 2.25. The van der Waals surface area contributed by atoms with E-state index in [0.29, 0.717) is 12.3 Å². The van der Waals surface area contributed by atoms with Crippen LogP contribution < -0.4 is 0 Å². The summed E-state index contributed by atoms with van der Waals surface area (Å²) in [6.45, 7) is 4.35. The minimum Gasteiger partial charge on any atom is -0.389 e. The summed E-state index contributed by atoms with van der Waals surface area (Å²) in [5.74, 6) is 0.658. The highest BCUT2D eigenvalue weighted by atomic mass is 16.3. The van der Waals surface area contributed by atoms with Crippen LogP contribution in [0.5, 0.6) is 0 Å². The first kappa shape index (κ1) is 12.0. The highest BCUT2D eigenvalue weighted by molar-refractivity contribution is 5.16. The molecule has 1 rings (SSSR count). The molecular formula is C14H20O. The summed E-state index contributed by atoms with van der Waals surface area (Å²) in [4.78, 5) is 0. The van der Waals surface area contributed by atoms with Gasteiger partial charge in [-0.15, -0.1) is 0 Å². The average Bonchev–Trinajstić information content (AvgIpc) is 2.18. The van der Waals surface area contributed by atoms with Gasteiger partial charge in [0.2, 0.25) is 0 Å². The van der Waals surface area contributed by atoms with E-state index in [-0.39, 0.29) is 6.10 Å². The highest BCUT2D eigenvalue weighted by Crippen LogP contribution is 2.06. The van der Waals surface area contributed by atoms with Crippen LogP contribution in [-0.4, -0.2) is 11.2 Å². The van der Waals surface area contributed by atoms with E-state index < -0.39 is 0 Å². The molecule has 0 heterocycles. The summed E-state index contributed by atoms with van der Waals surface area (Å²) in [6.07, 6.45) is 5.35. The lowest BCUT2D eigenvalue weighted by atomic mass is 10.1. The lowest BCUT2D eigenvalue weighted by Gasteiger charge is -2.05. The summed E-state index contributed by atoms with van der Waals surface area (Å²) < 4.78 is 0. The maximum absolute atomic E-state index is 9.73. The maximum Gasteiger partial charge on any atom is 0.0761 e. The lowest BCUT2D eigenvalue weighted by Crippen LogP contribution is -2.06. The summed E-state index contributed by atoms with van der Waals surface area (Å²) in [7, 11) is 0. The van der Waals surface area contributed by atoms with Crippen LogP contribution in [0.3, 0.4) is 0 Å². The van der Waals surface area contributed by atoms with E-state index in [0.717, 1.165) is 6.42 Å². The van der Waals surface area contributed by atoms with Gasteiger partial charge in [0.05, 0.1) is 6.10 Å². The Hall–Kier alpha value is -1.08. The molecule has 1 atom stereocenters. The molecule has 0 unspecified atom stereocenters. The van der Waals surface area contributed by atoms with Gasteiger partial charge in [-0.1, -0.05) is 56.3 Å². The molecule has 15 heavy (non-hydrogen) atoms. The van der Waals surface area contributed by atoms with E-state index in [2.05, 4.69) is 19.9 Å². The normalized spacial score (nSPS) is 13.6. The molecule has 1 heteroatoms. The Morgan fingerprint density at radius 3 is 2.47 bits per heavy atom. The van der Waals surface area contributed by atoms with Crippen molar-refractivity contribution in [1.82, 2.24) is 0 Å². The summed E-state index contributed by atoms with van der Waals surface area (Å²) in [5, 5.41) is 9.73. The quantitative estimate of drug-likeness (QED) is 0.730. The predicted molar refractivity (Wildman–Crippen MR) is 64.7 cm³/mol. The van der Waals surface area contributed by atoms with Crippen molar-refractivity contribution in [3.63, 3.8) is 0 Å². The number of rotatable bonds is 5. The van der Waals surface area contributed by atoms with Gasteiger partial charge in [0.15, 0.2) is 0 Å². The van der Waals surface area contributed by atoms with Crippen LogP contribution in [0.2, 0.25) is 0 Å². The van der Waals surface area contributed by atoms with Crippen molar-refractivity contribution < 1.29 is 5.11 Å². The van der Waals surface area contributed by atoms with Crippen molar-refractivity contribution in [2.24, 2.45) is 5.92 Å². The lowest BCUT2D eigenvalue weighted by molar-refractivity contribution is 0.223. The van der Waals surface area contributed by atoms with Gasteiger partial charge in [0.1, 0.15) is 0 Å². The average molecular weight is 204 g/mol. The van der Waals surface area contributed by atoms with Gasteiger partial charge < -0.3 is 5.11 Å². The number of allylic oxidation sites excluding steroid dienone is 1. The van der Waals surface area contributed by atoms with Crippen molar-refractivity contribution in [3.8, 4) is 0 Å². The molecule has 1 N–H and O–H groups in total. The fraction of sp³-hybridized carbons (Fsp3) is 0.429. The van der Waals surface area contributed by atoms with Gasteiger partial charge in [-0.25, -0.2) is 0 Å². The van der Waals surface area contributed by atoms with Crippen molar-refractivity contribution in [2.45, 2.75) is 32.8 Å². The first-order valence-electron chi connectivity index (χ1n) is 5.57. The van der Waals surface area contributed by atoms with Gasteiger partial charge in [-0.2, -0.15) is 0 Å². The van der Waals surface area contributed by atoms with Gasteiger partial charge in [0, 0.05) is 6.42 Å². The summed E-state index contributed by atoms with van der Waals surface area (Å²) in [5.41, 5.74) is 1.18. The molecule has 0 saturated carbocycles. The number of hydrogen-bond donors (Lipinski definition) is 1. The first-order chi connectivity index (χ1) is 7.18. The molecule has 0 aliphatic heterocycles. The summed E-state index contributed by atoms with van der Waals surface area (Å²) in [6, 6.07) is 10.1. The maximum atomic E-state index is 9.73. The molecule has 0 spiro atoms. The van der Waals surface area contributed by atoms with Crippen LogP contribution in [0.1, 0.15) is 25.8 Å². The van der Waals surface area contributed by atoms with Crippen LogP contribution in [-0.2, 0) is 6.42 Å². The number of aliphatic hydroxyl groups excluding tert-OH is 1. The molecule has 0 aliphatic rings. The van der Waals surface area contributed by atoms with E-state index in [1.807, 2.05) is 36.4 Å². The van der Waals surface area contributed by atoms with E-state index >= 15 is 0 Å². The zero-order valence-corrected chi connectivity index (χ0v) is 9.56. The van der Waals surface area contributed by atoms with Gasteiger partial charge >= 0.3 is 0 Å². The van der Waals surface area contributed by atoms with Gasteiger partial charge in [0.25, 0.3) is 0 Å². The van der Waals surface area contributed by atoms with Crippen molar-refractivity contribution in [3.05, 3.63) is 48.0 Å². The second-order valence-electron chi connectivity index (χ2n) is 4.31. The van der Waals surface area contributed by atoms with Crippen LogP contribution in [0, 0.1) is 5.92 Å². The van der Waals surface area contributed by atoms with Gasteiger partial charge in [-0.3, -0.25) is 0 Å². The van der Waals surface area contributed by atoms with Crippen LogP contribution in [0.4, 0.5) is 0 Å². The van der Waals surface area contributed by atoms with E-state index in [9.17, 15) is 5.11 Å². The zero-order valence-electron chi connectivity index (χ0n) is 9.56. The van der Waals surface area contributed by atoms with Gasteiger partial charge in [-0.05, 0) is 17.9 Å². The number of aliphatic hydroxyl groups is 1. The fourth-order valence-corrected chi connectivity index (χ4v) is 1.43. The monoisotopic (exact) mass is 204 g/mol. The minimum atomic E-state index is -0.355. The van der Waals surface area contributed by atoms with E-state index in [1.54, 1.807) is 0 Å². The standard InChI is InChI=1S/C14H20O/c1-12(2)7-6-10-14(15)11-13-8-4-3-5-9-13/h3-6,8-10,12,14-15H,7,11H2,1-2H3/b10-6-/t14-/m1/s1. The van der Waals surface area contributed by atoms with E-state index in [1.165, 1.54) is 5.56 Å². The van der Waals surface area contributed by atoms with Crippen LogP contribution >= 0.6 is 0 Å². The molecule has 0 aromatic heterocycles.